The van der Waals surface area contributed by atoms with Crippen LogP contribution >= 0.6 is 0 Å². The third-order valence-corrected chi connectivity index (χ3v) is 5.19. The molecule has 0 spiro atoms. The van der Waals surface area contributed by atoms with E-state index in [0.717, 1.165) is 16.7 Å². The van der Waals surface area contributed by atoms with Gasteiger partial charge >= 0.3 is 0 Å². The molecule has 2 N–H and O–H groups in total. The average molecular weight is 346 g/mol. The molecular weight excluding hydrogens is 324 g/mol. The molecule has 0 radical (unpaired) electrons. The van der Waals surface area contributed by atoms with Gasteiger partial charge in [-0.3, -0.25) is 4.79 Å². The van der Waals surface area contributed by atoms with Crippen LogP contribution in [0.2, 0.25) is 0 Å². The number of nitrogens with one attached hydrogen (secondary N) is 2. The standard InChI is InChI=1S/C18H22N2O3S/c1-13-5-4-6-16(11-13)20-18(21)9-10-19-24(22,23)17-8-7-14(2)15(3)12-17/h4-8,11-12,19H,9-10H2,1-3H3,(H,20,21). The Morgan fingerprint density at radius 1 is 1.00 bits per heavy atom. The minimum absolute atomic E-state index is 0.0485. The molecule has 0 saturated heterocycles. The summed E-state index contributed by atoms with van der Waals surface area (Å²) in [6.07, 6.45) is 0.0675. The Bertz CT molecular complexity index is 845. The van der Waals surface area contributed by atoms with Crippen molar-refractivity contribution in [2.45, 2.75) is 32.1 Å². The number of amides is 1. The van der Waals surface area contributed by atoms with E-state index in [2.05, 4.69) is 10.0 Å². The molecule has 0 aliphatic rings. The molecule has 2 aromatic rings. The molecule has 0 heterocycles. The first-order chi connectivity index (χ1) is 11.3. The van der Waals surface area contributed by atoms with Crippen LogP contribution in [0.1, 0.15) is 23.1 Å². The van der Waals surface area contributed by atoms with Gasteiger partial charge in [0.1, 0.15) is 0 Å². The first kappa shape index (κ1) is 18.2. The summed E-state index contributed by atoms with van der Waals surface area (Å²) in [7, 11) is -3.60. The third kappa shape index (κ3) is 4.91. The molecule has 24 heavy (non-hydrogen) atoms. The Morgan fingerprint density at radius 3 is 2.42 bits per heavy atom. The summed E-state index contributed by atoms with van der Waals surface area (Å²) in [5.74, 6) is -0.233. The molecule has 6 heteroatoms. The largest absolute Gasteiger partial charge is 0.326 e. The zero-order valence-corrected chi connectivity index (χ0v) is 14.9. The van der Waals surface area contributed by atoms with Gasteiger partial charge in [0.15, 0.2) is 0 Å². The van der Waals surface area contributed by atoms with Crippen LogP contribution in [0.25, 0.3) is 0 Å². The smallest absolute Gasteiger partial charge is 0.240 e. The molecule has 2 rings (SSSR count). The molecular formula is C18H22N2O3S. The maximum Gasteiger partial charge on any atom is 0.240 e. The minimum atomic E-state index is -3.60. The highest BCUT2D eigenvalue weighted by Crippen LogP contribution is 2.14. The minimum Gasteiger partial charge on any atom is -0.326 e. The van der Waals surface area contributed by atoms with E-state index in [1.807, 2.05) is 39.0 Å². The van der Waals surface area contributed by atoms with Crippen LogP contribution in [-0.4, -0.2) is 20.9 Å². The summed E-state index contributed by atoms with van der Waals surface area (Å²) in [4.78, 5) is 12.1. The number of anilines is 1. The molecule has 0 fully saturated rings. The van der Waals surface area contributed by atoms with Crippen LogP contribution in [0.5, 0.6) is 0 Å². The summed E-state index contributed by atoms with van der Waals surface area (Å²) in [5.41, 5.74) is 3.70. The molecule has 1 amide bonds. The van der Waals surface area contributed by atoms with Crippen LogP contribution in [0.15, 0.2) is 47.4 Å². The topological polar surface area (TPSA) is 75.3 Å². The molecule has 0 atom stereocenters. The van der Waals surface area contributed by atoms with Gasteiger partial charge in [-0.2, -0.15) is 0 Å². The molecule has 2 aromatic carbocycles. The van der Waals surface area contributed by atoms with E-state index >= 15 is 0 Å². The second-order valence-electron chi connectivity index (χ2n) is 5.81. The highest BCUT2D eigenvalue weighted by Gasteiger charge is 2.14. The molecule has 0 bridgehead atoms. The van der Waals surface area contributed by atoms with Crippen molar-refractivity contribution in [3.8, 4) is 0 Å². The SMILES string of the molecule is Cc1cccc(NC(=O)CCNS(=O)(=O)c2ccc(C)c(C)c2)c1. The van der Waals surface area contributed by atoms with E-state index < -0.39 is 10.0 Å². The molecule has 5 nitrogen and oxygen atoms in total. The lowest BCUT2D eigenvalue weighted by Crippen LogP contribution is -2.28. The summed E-state index contributed by atoms with van der Waals surface area (Å²) < 4.78 is 26.9. The van der Waals surface area contributed by atoms with Crippen molar-refractivity contribution >= 4 is 21.6 Å². The van der Waals surface area contributed by atoms with Crippen LogP contribution in [0, 0.1) is 20.8 Å². The molecule has 0 aromatic heterocycles. The maximum absolute atomic E-state index is 12.2. The number of carbonyl (C=O) groups is 1. The average Bonchev–Trinajstić information content (AvgIpc) is 2.49. The second kappa shape index (κ2) is 7.59. The van der Waals surface area contributed by atoms with E-state index in [1.165, 1.54) is 0 Å². The number of aryl methyl sites for hydroxylation is 3. The van der Waals surface area contributed by atoms with E-state index in [9.17, 15) is 13.2 Å². The number of carbonyl (C=O) groups excluding carboxylic acids is 1. The summed E-state index contributed by atoms with van der Waals surface area (Å²) >= 11 is 0. The molecule has 0 aliphatic heterocycles. The zero-order chi connectivity index (χ0) is 17.7. The van der Waals surface area contributed by atoms with Crippen molar-refractivity contribution in [3.05, 3.63) is 59.2 Å². The molecule has 0 saturated carbocycles. The Morgan fingerprint density at radius 2 is 1.75 bits per heavy atom. The predicted molar refractivity (Wildman–Crippen MR) is 95.5 cm³/mol. The van der Waals surface area contributed by atoms with Crippen LogP contribution in [-0.2, 0) is 14.8 Å². The van der Waals surface area contributed by atoms with Crippen molar-refractivity contribution in [2.75, 3.05) is 11.9 Å². The Balaban J connectivity index is 1.90. The van der Waals surface area contributed by atoms with Gasteiger partial charge in [0.2, 0.25) is 15.9 Å². The predicted octanol–water partition coefficient (Wildman–Crippen LogP) is 2.92. The second-order valence-corrected chi connectivity index (χ2v) is 7.58. The third-order valence-electron chi connectivity index (χ3n) is 3.73. The van der Waals surface area contributed by atoms with E-state index in [0.29, 0.717) is 5.69 Å². The molecule has 0 aliphatic carbocycles. The monoisotopic (exact) mass is 346 g/mol. The Kier molecular flexibility index (Phi) is 5.75. The van der Waals surface area contributed by atoms with Gasteiger partial charge in [-0.05, 0) is 61.7 Å². The summed E-state index contributed by atoms with van der Waals surface area (Å²) in [6.45, 7) is 5.78. The van der Waals surface area contributed by atoms with E-state index in [1.54, 1.807) is 24.3 Å². The first-order valence-corrected chi connectivity index (χ1v) is 9.20. The van der Waals surface area contributed by atoms with Gasteiger partial charge in [-0.15, -0.1) is 0 Å². The van der Waals surface area contributed by atoms with Gasteiger partial charge < -0.3 is 5.32 Å². The fourth-order valence-electron chi connectivity index (χ4n) is 2.21. The van der Waals surface area contributed by atoms with Crippen molar-refractivity contribution in [1.82, 2.24) is 4.72 Å². The quantitative estimate of drug-likeness (QED) is 0.844. The molecule has 0 unspecified atom stereocenters. The Labute approximate surface area is 143 Å². The summed E-state index contributed by atoms with van der Waals surface area (Å²) in [5, 5.41) is 2.75. The van der Waals surface area contributed by atoms with Crippen molar-refractivity contribution in [2.24, 2.45) is 0 Å². The van der Waals surface area contributed by atoms with Gasteiger partial charge in [0.25, 0.3) is 0 Å². The van der Waals surface area contributed by atoms with Gasteiger partial charge in [-0.25, -0.2) is 13.1 Å². The number of hydrogen-bond donors (Lipinski definition) is 2. The first-order valence-electron chi connectivity index (χ1n) is 7.71. The fourth-order valence-corrected chi connectivity index (χ4v) is 3.33. The van der Waals surface area contributed by atoms with Crippen molar-refractivity contribution in [1.29, 1.82) is 0 Å². The number of benzene rings is 2. The van der Waals surface area contributed by atoms with Crippen molar-refractivity contribution in [3.63, 3.8) is 0 Å². The zero-order valence-electron chi connectivity index (χ0n) is 14.1. The lowest BCUT2D eigenvalue weighted by atomic mass is 10.1. The molecule has 128 valence electrons. The Hall–Kier alpha value is -2.18. The highest BCUT2D eigenvalue weighted by molar-refractivity contribution is 7.89. The van der Waals surface area contributed by atoms with Crippen molar-refractivity contribution < 1.29 is 13.2 Å². The summed E-state index contributed by atoms with van der Waals surface area (Å²) in [6, 6.07) is 12.4. The number of rotatable bonds is 6. The lowest BCUT2D eigenvalue weighted by molar-refractivity contribution is -0.116. The van der Waals surface area contributed by atoms with Crippen LogP contribution in [0.4, 0.5) is 5.69 Å². The van der Waals surface area contributed by atoms with Gasteiger partial charge in [0.05, 0.1) is 4.90 Å². The van der Waals surface area contributed by atoms with Crippen LogP contribution in [0.3, 0.4) is 0 Å². The normalized spacial score (nSPS) is 11.3. The number of sulfonamides is 1. The van der Waals surface area contributed by atoms with E-state index in [-0.39, 0.29) is 23.8 Å². The highest BCUT2D eigenvalue weighted by atomic mass is 32.2. The van der Waals surface area contributed by atoms with Gasteiger partial charge in [-0.1, -0.05) is 18.2 Å². The lowest BCUT2D eigenvalue weighted by Gasteiger charge is -2.09. The maximum atomic E-state index is 12.2. The van der Waals surface area contributed by atoms with Crippen LogP contribution < -0.4 is 10.0 Å². The van der Waals surface area contributed by atoms with E-state index in [4.69, 9.17) is 0 Å². The fraction of sp³-hybridized carbons (Fsp3) is 0.278. The number of hydrogen-bond acceptors (Lipinski definition) is 3. The van der Waals surface area contributed by atoms with Gasteiger partial charge in [0, 0.05) is 18.7 Å².